The van der Waals surface area contributed by atoms with Crippen LogP contribution in [0.5, 0.6) is 0 Å². The monoisotopic (exact) mass is 385 g/mol. The van der Waals surface area contributed by atoms with Crippen molar-refractivity contribution in [3.05, 3.63) is 60.2 Å². The fourth-order valence-electron chi connectivity index (χ4n) is 2.63. The van der Waals surface area contributed by atoms with Gasteiger partial charge in [-0.1, -0.05) is 12.1 Å². The normalized spacial score (nSPS) is 11.2. The van der Waals surface area contributed by atoms with Crippen LogP contribution in [0.25, 0.3) is 11.3 Å². The van der Waals surface area contributed by atoms with E-state index in [1.807, 2.05) is 6.92 Å². The van der Waals surface area contributed by atoms with Gasteiger partial charge in [-0.05, 0) is 43.3 Å². The first-order chi connectivity index (χ1) is 12.7. The van der Waals surface area contributed by atoms with Gasteiger partial charge in [-0.15, -0.1) is 0 Å². The van der Waals surface area contributed by atoms with Crippen molar-refractivity contribution in [1.29, 1.82) is 0 Å². The van der Waals surface area contributed by atoms with Crippen LogP contribution in [-0.4, -0.2) is 19.3 Å². The lowest BCUT2D eigenvalue weighted by Crippen LogP contribution is -2.13. The maximum atomic E-state index is 12.6. The van der Waals surface area contributed by atoms with Gasteiger partial charge in [-0.3, -0.25) is 9.52 Å². The van der Waals surface area contributed by atoms with Crippen LogP contribution in [0.4, 0.5) is 11.4 Å². The molecule has 0 spiro atoms. The molecule has 3 rings (SSSR count). The Balaban J connectivity index is 1.78. The molecule has 0 saturated carbocycles. The number of nitrogens with zero attached hydrogens (tertiary/aromatic N) is 1. The first-order valence-electron chi connectivity index (χ1n) is 8.19. The molecular weight excluding hydrogens is 366 g/mol. The maximum absolute atomic E-state index is 12.6. The van der Waals surface area contributed by atoms with Gasteiger partial charge in [0.15, 0.2) is 5.89 Å². The molecule has 2 N–H and O–H groups in total. The maximum Gasteiger partial charge on any atom is 0.261 e. The van der Waals surface area contributed by atoms with Gasteiger partial charge in [0.25, 0.3) is 10.0 Å². The number of sulfonamides is 1. The molecule has 8 heteroatoms. The molecule has 0 saturated heterocycles. The number of aromatic nitrogens is 1. The van der Waals surface area contributed by atoms with Crippen LogP contribution in [0.2, 0.25) is 0 Å². The first kappa shape index (κ1) is 18.7. The Kier molecular flexibility index (Phi) is 5.00. The van der Waals surface area contributed by atoms with E-state index in [0.29, 0.717) is 28.7 Å². The number of oxazole rings is 1. The summed E-state index contributed by atoms with van der Waals surface area (Å²) in [7, 11) is -3.73. The summed E-state index contributed by atoms with van der Waals surface area (Å²) in [5.74, 6) is 1.05. The SMILES string of the molecule is CC(=O)Nc1ccc(NS(=O)(=O)c2ccc(-c3nc(C)oc3C)cc2)cc1. The Hall–Kier alpha value is -3.13. The van der Waals surface area contributed by atoms with Crippen molar-refractivity contribution in [3.8, 4) is 11.3 Å². The van der Waals surface area contributed by atoms with E-state index in [1.165, 1.54) is 19.1 Å². The van der Waals surface area contributed by atoms with Crippen LogP contribution >= 0.6 is 0 Å². The molecule has 0 radical (unpaired) electrons. The summed E-state index contributed by atoms with van der Waals surface area (Å²) in [6.45, 7) is 4.98. The number of benzene rings is 2. The minimum absolute atomic E-state index is 0.134. The van der Waals surface area contributed by atoms with Crippen molar-refractivity contribution in [2.45, 2.75) is 25.7 Å². The number of anilines is 2. The average molecular weight is 385 g/mol. The molecular formula is C19H19N3O4S. The van der Waals surface area contributed by atoms with Gasteiger partial charge in [0.05, 0.1) is 4.90 Å². The topological polar surface area (TPSA) is 101 Å². The molecule has 0 unspecified atom stereocenters. The van der Waals surface area contributed by atoms with E-state index >= 15 is 0 Å². The van der Waals surface area contributed by atoms with Crippen molar-refractivity contribution in [2.75, 3.05) is 10.0 Å². The summed E-state index contributed by atoms with van der Waals surface area (Å²) >= 11 is 0. The number of rotatable bonds is 5. The van der Waals surface area contributed by atoms with Gasteiger partial charge >= 0.3 is 0 Å². The quantitative estimate of drug-likeness (QED) is 0.697. The molecule has 1 aromatic heterocycles. The number of aryl methyl sites for hydroxylation is 2. The zero-order chi connectivity index (χ0) is 19.6. The molecule has 1 amide bonds. The number of hydrogen-bond acceptors (Lipinski definition) is 5. The predicted octanol–water partition coefficient (Wildman–Crippen LogP) is 3.72. The van der Waals surface area contributed by atoms with Gasteiger partial charge in [0.1, 0.15) is 11.5 Å². The molecule has 27 heavy (non-hydrogen) atoms. The summed E-state index contributed by atoms with van der Waals surface area (Å²) in [5, 5.41) is 2.62. The van der Waals surface area contributed by atoms with Crippen LogP contribution in [0.1, 0.15) is 18.6 Å². The van der Waals surface area contributed by atoms with Crippen molar-refractivity contribution in [3.63, 3.8) is 0 Å². The van der Waals surface area contributed by atoms with Gasteiger partial charge in [0.2, 0.25) is 5.91 Å². The number of nitrogens with one attached hydrogen (secondary N) is 2. The van der Waals surface area contributed by atoms with Crippen LogP contribution in [0.15, 0.2) is 57.8 Å². The summed E-state index contributed by atoms with van der Waals surface area (Å²) in [6.07, 6.45) is 0. The molecule has 140 valence electrons. The zero-order valence-corrected chi connectivity index (χ0v) is 15.9. The fraction of sp³-hybridized carbons (Fsp3) is 0.158. The third kappa shape index (κ3) is 4.35. The predicted molar refractivity (Wildman–Crippen MR) is 103 cm³/mol. The molecule has 0 bridgehead atoms. The zero-order valence-electron chi connectivity index (χ0n) is 15.1. The van der Waals surface area contributed by atoms with Gasteiger partial charge in [-0.25, -0.2) is 13.4 Å². The Morgan fingerprint density at radius 3 is 2.07 bits per heavy atom. The molecule has 2 aromatic carbocycles. The smallest absolute Gasteiger partial charge is 0.261 e. The van der Waals surface area contributed by atoms with Crippen molar-refractivity contribution < 1.29 is 17.6 Å². The summed E-state index contributed by atoms with van der Waals surface area (Å²) in [6, 6.07) is 12.8. The van der Waals surface area contributed by atoms with Gasteiger partial charge < -0.3 is 9.73 Å². The molecule has 0 aliphatic carbocycles. The highest BCUT2D eigenvalue weighted by molar-refractivity contribution is 7.92. The lowest BCUT2D eigenvalue weighted by atomic mass is 10.1. The highest BCUT2D eigenvalue weighted by Crippen LogP contribution is 2.25. The Bertz CT molecular complexity index is 1070. The number of hydrogen-bond donors (Lipinski definition) is 2. The number of carbonyl (C=O) groups excluding carboxylic acids is 1. The number of carbonyl (C=O) groups is 1. The molecule has 0 aliphatic rings. The molecule has 0 aliphatic heterocycles. The van der Waals surface area contributed by atoms with E-state index in [-0.39, 0.29) is 10.8 Å². The van der Waals surface area contributed by atoms with E-state index in [4.69, 9.17) is 4.42 Å². The van der Waals surface area contributed by atoms with Crippen molar-refractivity contribution in [1.82, 2.24) is 4.98 Å². The van der Waals surface area contributed by atoms with Crippen LogP contribution in [-0.2, 0) is 14.8 Å². The van der Waals surface area contributed by atoms with E-state index in [1.54, 1.807) is 43.3 Å². The molecule has 1 heterocycles. The standard InChI is InChI=1S/C19H19N3O4S/c1-12-19(21-14(3)26-12)15-4-10-18(11-5-15)27(24,25)22-17-8-6-16(7-9-17)20-13(2)23/h4-11,22H,1-3H3,(H,20,23). The average Bonchev–Trinajstić information content (AvgIpc) is 2.94. The Morgan fingerprint density at radius 1 is 0.963 bits per heavy atom. The second kappa shape index (κ2) is 7.24. The fourth-order valence-corrected chi connectivity index (χ4v) is 3.69. The highest BCUT2D eigenvalue weighted by atomic mass is 32.2. The number of amides is 1. The lowest BCUT2D eigenvalue weighted by Gasteiger charge is -2.09. The van der Waals surface area contributed by atoms with Gasteiger partial charge in [-0.2, -0.15) is 0 Å². The summed E-state index contributed by atoms with van der Waals surface area (Å²) in [5.41, 5.74) is 2.46. The van der Waals surface area contributed by atoms with Crippen LogP contribution in [0.3, 0.4) is 0 Å². The van der Waals surface area contributed by atoms with Crippen LogP contribution in [0, 0.1) is 13.8 Å². The largest absolute Gasteiger partial charge is 0.446 e. The van der Waals surface area contributed by atoms with Crippen molar-refractivity contribution >= 4 is 27.3 Å². The van der Waals surface area contributed by atoms with Crippen molar-refractivity contribution in [2.24, 2.45) is 0 Å². The van der Waals surface area contributed by atoms with E-state index in [9.17, 15) is 13.2 Å². The van der Waals surface area contributed by atoms with Gasteiger partial charge in [0, 0.05) is 30.8 Å². The molecule has 0 atom stereocenters. The van der Waals surface area contributed by atoms with Crippen LogP contribution < -0.4 is 10.0 Å². The third-order valence-electron chi connectivity index (χ3n) is 3.80. The summed E-state index contributed by atoms with van der Waals surface area (Å²) in [4.78, 5) is 15.5. The Labute approximate surface area is 157 Å². The van der Waals surface area contributed by atoms with E-state index in [2.05, 4.69) is 15.0 Å². The summed E-state index contributed by atoms with van der Waals surface area (Å²) < 4.78 is 33.1. The lowest BCUT2D eigenvalue weighted by molar-refractivity contribution is -0.114. The first-order valence-corrected chi connectivity index (χ1v) is 9.68. The Morgan fingerprint density at radius 2 is 1.56 bits per heavy atom. The third-order valence-corrected chi connectivity index (χ3v) is 5.20. The molecule has 3 aromatic rings. The molecule has 7 nitrogen and oxygen atoms in total. The minimum atomic E-state index is -3.73. The highest BCUT2D eigenvalue weighted by Gasteiger charge is 2.16. The van der Waals surface area contributed by atoms with E-state index < -0.39 is 10.0 Å². The minimum Gasteiger partial charge on any atom is -0.446 e. The second-order valence-corrected chi connectivity index (χ2v) is 7.71. The molecule has 0 fully saturated rings. The van der Waals surface area contributed by atoms with E-state index in [0.717, 1.165) is 5.56 Å². The second-order valence-electron chi connectivity index (χ2n) is 6.03.